The van der Waals surface area contributed by atoms with Crippen LogP contribution in [0.3, 0.4) is 0 Å². The van der Waals surface area contributed by atoms with Crippen molar-refractivity contribution in [2.24, 2.45) is 5.10 Å². The summed E-state index contributed by atoms with van der Waals surface area (Å²) in [5, 5.41) is 7.47. The van der Waals surface area contributed by atoms with Crippen LogP contribution in [0.25, 0.3) is 0 Å². The molecule has 0 heterocycles. The second-order valence-corrected chi connectivity index (χ2v) is 7.11. The molecule has 0 bridgehead atoms. The molecule has 0 fully saturated rings. The molecular weight excluding hydrogens is 362 g/mol. The van der Waals surface area contributed by atoms with Gasteiger partial charge in [-0.15, -0.1) is 0 Å². The second kappa shape index (κ2) is 8.82. The Hall–Kier alpha value is -2.66. The molecule has 140 valence electrons. The number of carbonyl (C=O) groups is 2. The molecule has 0 aromatic heterocycles. The van der Waals surface area contributed by atoms with E-state index in [1.807, 2.05) is 12.1 Å². The van der Waals surface area contributed by atoms with E-state index < -0.39 is 0 Å². The van der Waals surface area contributed by atoms with Crippen molar-refractivity contribution in [1.82, 2.24) is 5.43 Å². The van der Waals surface area contributed by atoms with Gasteiger partial charge in [0.15, 0.2) is 0 Å². The highest BCUT2D eigenvalue weighted by molar-refractivity contribution is 6.31. The van der Waals surface area contributed by atoms with Gasteiger partial charge in [-0.05, 0) is 68.0 Å². The molecule has 1 aliphatic rings. The van der Waals surface area contributed by atoms with Crippen molar-refractivity contribution >= 4 is 34.8 Å². The Morgan fingerprint density at radius 1 is 1.11 bits per heavy atom. The molecule has 27 heavy (non-hydrogen) atoms. The number of hydrogen-bond acceptors (Lipinski definition) is 3. The van der Waals surface area contributed by atoms with Gasteiger partial charge in [-0.2, -0.15) is 5.10 Å². The van der Waals surface area contributed by atoms with E-state index in [0.717, 1.165) is 24.9 Å². The number of nitrogens with one attached hydrogen (secondary N) is 2. The van der Waals surface area contributed by atoms with E-state index in [1.54, 1.807) is 31.2 Å². The van der Waals surface area contributed by atoms with Crippen molar-refractivity contribution in [1.29, 1.82) is 0 Å². The van der Waals surface area contributed by atoms with Gasteiger partial charge in [0.1, 0.15) is 0 Å². The quantitative estimate of drug-likeness (QED) is 0.595. The maximum absolute atomic E-state index is 12.3. The maximum Gasteiger partial charge on any atom is 0.271 e. The minimum Gasteiger partial charge on any atom is -0.325 e. The molecule has 0 radical (unpaired) electrons. The number of hydrazone groups is 1. The van der Waals surface area contributed by atoms with E-state index in [2.05, 4.69) is 21.9 Å². The number of halogens is 1. The fraction of sp³-hybridized carbons (Fsp3) is 0.286. The van der Waals surface area contributed by atoms with E-state index in [1.165, 1.54) is 17.5 Å². The Morgan fingerprint density at radius 2 is 1.89 bits per heavy atom. The van der Waals surface area contributed by atoms with Gasteiger partial charge in [-0.25, -0.2) is 5.43 Å². The first-order valence-electron chi connectivity index (χ1n) is 9.02. The summed E-state index contributed by atoms with van der Waals surface area (Å²) in [4.78, 5) is 24.4. The van der Waals surface area contributed by atoms with Crippen LogP contribution in [-0.2, 0) is 17.6 Å². The zero-order valence-electron chi connectivity index (χ0n) is 15.2. The molecule has 2 amide bonds. The predicted molar refractivity (Wildman–Crippen MR) is 108 cm³/mol. The largest absolute Gasteiger partial charge is 0.325 e. The van der Waals surface area contributed by atoms with E-state index in [-0.39, 0.29) is 18.2 Å². The molecule has 0 saturated heterocycles. The topological polar surface area (TPSA) is 70.6 Å². The Bertz CT molecular complexity index is 893. The number of fused-ring (bicyclic) bond motifs is 1. The number of benzene rings is 2. The third-order valence-electron chi connectivity index (χ3n) is 4.52. The van der Waals surface area contributed by atoms with Gasteiger partial charge in [0.2, 0.25) is 5.91 Å². The molecule has 0 unspecified atom stereocenters. The average molecular weight is 384 g/mol. The SMILES string of the molecule is C/C(CC(=O)Nc1cccc2c1CCCC2)=N\NC(=O)c1cccc(Cl)c1. The van der Waals surface area contributed by atoms with Gasteiger partial charge < -0.3 is 5.32 Å². The Labute approximate surface area is 163 Å². The van der Waals surface area contributed by atoms with E-state index in [4.69, 9.17) is 11.6 Å². The third-order valence-corrected chi connectivity index (χ3v) is 4.76. The highest BCUT2D eigenvalue weighted by atomic mass is 35.5. The van der Waals surface area contributed by atoms with Crippen molar-refractivity contribution in [2.75, 3.05) is 5.32 Å². The van der Waals surface area contributed by atoms with E-state index >= 15 is 0 Å². The Morgan fingerprint density at radius 3 is 2.70 bits per heavy atom. The molecule has 2 aromatic rings. The van der Waals surface area contributed by atoms with Crippen LogP contribution in [0.2, 0.25) is 5.02 Å². The Balaban J connectivity index is 1.58. The fourth-order valence-corrected chi connectivity index (χ4v) is 3.40. The highest BCUT2D eigenvalue weighted by Gasteiger charge is 2.15. The lowest BCUT2D eigenvalue weighted by Crippen LogP contribution is -2.22. The van der Waals surface area contributed by atoms with Gasteiger partial charge in [-0.1, -0.05) is 29.8 Å². The number of rotatable bonds is 5. The summed E-state index contributed by atoms with van der Waals surface area (Å²) in [5.74, 6) is -0.512. The smallest absolute Gasteiger partial charge is 0.271 e. The number of hydrogen-bond donors (Lipinski definition) is 2. The summed E-state index contributed by atoms with van der Waals surface area (Å²) < 4.78 is 0. The minimum absolute atomic E-state index is 0.111. The zero-order chi connectivity index (χ0) is 19.2. The van der Waals surface area contributed by atoms with Gasteiger partial charge in [0.05, 0.1) is 6.42 Å². The average Bonchev–Trinajstić information content (AvgIpc) is 2.66. The van der Waals surface area contributed by atoms with Crippen LogP contribution in [0.1, 0.15) is 47.7 Å². The summed E-state index contributed by atoms with van der Waals surface area (Å²) in [6.45, 7) is 1.71. The van der Waals surface area contributed by atoms with Crippen LogP contribution < -0.4 is 10.7 Å². The Kier molecular flexibility index (Phi) is 6.24. The highest BCUT2D eigenvalue weighted by Crippen LogP contribution is 2.27. The number of aryl methyl sites for hydroxylation is 1. The first-order chi connectivity index (χ1) is 13.0. The van der Waals surface area contributed by atoms with E-state index in [9.17, 15) is 9.59 Å². The summed E-state index contributed by atoms with van der Waals surface area (Å²) in [6, 6.07) is 12.6. The number of anilines is 1. The molecule has 0 spiro atoms. The van der Waals surface area contributed by atoms with Crippen LogP contribution in [0.5, 0.6) is 0 Å². The summed E-state index contributed by atoms with van der Waals surface area (Å²) in [6.07, 6.45) is 4.52. The molecule has 0 atom stereocenters. The molecular formula is C21H22ClN3O2. The summed E-state index contributed by atoms with van der Waals surface area (Å²) in [7, 11) is 0. The molecule has 2 aromatic carbocycles. The number of carbonyl (C=O) groups excluding carboxylic acids is 2. The molecule has 2 N–H and O–H groups in total. The predicted octanol–water partition coefficient (Wildman–Crippen LogP) is 4.35. The fourth-order valence-electron chi connectivity index (χ4n) is 3.21. The third kappa shape index (κ3) is 5.17. The van der Waals surface area contributed by atoms with Crippen LogP contribution in [0.15, 0.2) is 47.6 Å². The lowest BCUT2D eigenvalue weighted by molar-refractivity contribution is -0.115. The molecule has 1 aliphatic carbocycles. The standard InChI is InChI=1S/C21H22ClN3O2/c1-14(24-25-21(27)16-8-4-9-17(22)13-16)12-20(26)23-19-11-5-7-15-6-2-3-10-18(15)19/h4-5,7-9,11,13H,2-3,6,10,12H2,1H3,(H,23,26)(H,25,27)/b24-14+. The zero-order valence-corrected chi connectivity index (χ0v) is 16.0. The number of nitrogens with zero attached hydrogens (tertiary/aromatic N) is 1. The van der Waals surface area contributed by atoms with Crippen molar-refractivity contribution in [2.45, 2.75) is 39.0 Å². The van der Waals surface area contributed by atoms with Gasteiger partial charge in [0.25, 0.3) is 5.91 Å². The van der Waals surface area contributed by atoms with Crippen LogP contribution >= 0.6 is 11.6 Å². The molecule has 5 nitrogen and oxygen atoms in total. The van der Waals surface area contributed by atoms with Gasteiger partial charge in [0, 0.05) is 22.0 Å². The summed E-state index contributed by atoms with van der Waals surface area (Å²) >= 11 is 5.88. The van der Waals surface area contributed by atoms with Gasteiger partial charge in [-0.3, -0.25) is 9.59 Å². The van der Waals surface area contributed by atoms with Crippen molar-refractivity contribution in [3.05, 3.63) is 64.2 Å². The molecule has 0 saturated carbocycles. The molecule has 0 aliphatic heterocycles. The van der Waals surface area contributed by atoms with Crippen molar-refractivity contribution in [3.63, 3.8) is 0 Å². The van der Waals surface area contributed by atoms with Crippen molar-refractivity contribution < 1.29 is 9.59 Å². The maximum atomic E-state index is 12.3. The molecule has 6 heteroatoms. The lowest BCUT2D eigenvalue weighted by atomic mass is 9.90. The second-order valence-electron chi connectivity index (χ2n) is 6.67. The normalized spacial score (nSPS) is 13.6. The van der Waals surface area contributed by atoms with Crippen LogP contribution in [-0.4, -0.2) is 17.5 Å². The van der Waals surface area contributed by atoms with E-state index in [0.29, 0.717) is 16.3 Å². The number of amides is 2. The van der Waals surface area contributed by atoms with Crippen LogP contribution in [0, 0.1) is 0 Å². The van der Waals surface area contributed by atoms with Gasteiger partial charge >= 0.3 is 0 Å². The molecule has 3 rings (SSSR count). The lowest BCUT2D eigenvalue weighted by Gasteiger charge is -2.19. The monoisotopic (exact) mass is 383 g/mol. The summed E-state index contributed by atoms with van der Waals surface area (Å²) in [5.41, 5.74) is 6.83. The first-order valence-corrected chi connectivity index (χ1v) is 9.40. The first kappa shape index (κ1) is 19.1. The minimum atomic E-state index is -0.366. The van der Waals surface area contributed by atoms with Crippen molar-refractivity contribution in [3.8, 4) is 0 Å². The van der Waals surface area contributed by atoms with Crippen LogP contribution in [0.4, 0.5) is 5.69 Å².